The van der Waals surface area contributed by atoms with Crippen molar-refractivity contribution < 1.29 is 19.0 Å². The fourth-order valence-corrected chi connectivity index (χ4v) is 3.41. The zero-order valence-corrected chi connectivity index (χ0v) is 10.8. The van der Waals surface area contributed by atoms with Gasteiger partial charge in [0.15, 0.2) is 0 Å². The van der Waals surface area contributed by atoms with Gasteiger partial charge in [0.2, 0.25) is 5.91 Å². The molecule has 3 rings (SSSR count). The smallest absolute Gasteiger partial charge is 0.228 e. The molecule has 0 radical (unpaired) electrons. The molecule has 1 amide bonds. The van der Waals surface area contributed by atoms with Crippen molar-refractivity contribution in [3.05, 3.63) is 0 Å². The van der Waals surface area contributed by atoms with Gasteiger partial charge in [-0.05, 0) is 19.3 Å². The van der Waals surface area contributed by atoms with Gasteiger partial charge in [-0.25, -0.2) is 0 Å². The van der Waals surface area contributed by atoms with E-state index in [-0.39, 0.29) is 30.1 Å². The van der Waals surface area contributed by atoms with Crippen molar-refractivity contribution in [1.82, 2.24) is 4.90 Å². The molecule has 2 heterocycles. The van der Waals surface area contributed by atoms with Crippen LogP contribution in [0.2, 0.25) is 0 Å². The Labute approximate surface area is 107 Å². The molecule has 18 heavy (non-hydrogen) atoms. The summed E-state index contributed by atoms with van der Waals surface area (Å²) in [5.41, 5.74) is 0. The standard InChI is InChI=1S/C13H21NO4/c1-16-11-3-2-10-12(11)18-7-5-14(10)13(15)9-4-6-17-8-9/h9-12H,2-8H2,1H3/t9?,10-,11+,12+/m0/s1. The summed E-state index contributed by atoms with van der Waals surface area (Å²) in [4.78, 5) is 14.5. The maximum Gasteiger partial charge on any atom is 0.228 e. The van der Waals surface area contributed by atoms with Gasteiger partial charge < -0.3 is 19.1 Å². The second-order valence-electron chi connectivity index (χ2n) is 5.35. The van der Waals surface area contributed by atoms with Gasteiger partial charge >= 0.3 is 0 Å². The highest BCUT2D eigenvalue weighted by Crippen LogP contribution is 2.33. The minimum Gasteiger partial charge on any atom is -0.381 e. The van der Waals surface area contributed by atoms with E-state index >= 15 is 0 Å². The molecule has 2 saturated heterocycles. The fourth-order valence-electron chi connectivity index (χ4n) is 3.41. The summed E-state index contributed by atoms with van der Waals surface area (Å²) in [5, 5.41) is 0. The normalized spacial score (nSPS) is 39.9. The van der Waals surface area contributed by atoms with E-state index < -0.39 is 0 Å². The molecule has 5 heteroatoms. The summed E-state index contributed by atoms with van der Waals surface area (Å²) in [5.74, 6) is 0.313. The number of fused-ring (bicyclic) bond motifs is 1. The minimum absolute atomic E-state index is 0.0605. The number of amides is 1. The predicted octanol–water partition coefficient (Wildman–Crippen LogP) is 0.428. The molecule has 0 aromatic rings. The van der Waals surface area contributed by atoms with Crippen LogP contribution in [0.3, 0.4) is 0 Å². The second kappa shape index (κ2) is 5.15. The van der Waals surface area contributed by atoms with E-state index in [9.17, 15) is 4.79 Å². The zero-order chi connectivity index (χ0) is 12.5. The van der Waals surface area contributed by atoms with Crippen molar-refractivity contribution in [1.29, 1.82) is 0 Å². The number of methoxy groups -OCH3 is 1. The zero-order valence-electron chi connectivity index (χ0n) is 10.8. The number of morpholine rings is 1. The van der Waals surface area contributed by atoms with Crippen molar-refractivity contribution in [2.75, 3.05) is 33.5 Å². The number of rotatable bonds is 2. The molecule has 1 aliphatic carbocycles. The first kappa shape index (κ1) is 12.4. The molecule has 102 valence electrons. The van der Waals surface area contributed by atoms with Gasteiger partial charge in [-0.15, -0.1) is 0 Å². The number of hydrogen-bond acceptors (Lipinski definition) is 4. The Balaban J connectivity index is 1.70. The summed E-state index contributed by atoms with van der Waals surface area (Å²) in [7, 11) is 1.72. The molecule has 0 N–H and O–H groups in total. The van der Waals surface area contributed by atoms with Crippen LogP contribution in [-0.2, 0) is 19.0 Å². The quantitative estimate of drug-likeness (QED) is 0.718. The Morgan fingerprint density at radius 2 is 2.17 bits per heavy atom. The van der Waals surface area contributed by atoms with E-state index in [1.54, 1.807) is 7.11 Å². The van der Waals surface area contributed by atoms with Crippen LogP contribution in [0.4, 0.5) is 0 Å². The molecule has 2 aliphatic heterocycles. The molecular weight excluding hydrogens is 234 g/mol. The number of ether oxygens (including phenoxy) is 3. The third-order valence-electron chi connectivity index (χ3n) is 4.40. The average Bonchev–Trinajstić information content (AvgIpc) is 3.06. The highest BCUT2D eigenvalue weighted by Gasteiger charge is 2.45. The lowest BCUT2D eigenvalue weighted by molar-refractivity contribution is -0.153. The first-order chi connectivity index (χ1) is 8.81. The van der Waals surface area contributed by atoms with Gasteiger partial charge in [0, 0.05) is 20.3 Å². The SMILES string of the molecule is CO[C@@H]1CC[C@H]2[C@H]1OCCN2C(=O)C1CCOC1. The van der Waals surface area contributed by atoms with E-state index in [2.05, 4.69) is 0 Å². The highest BCUT2D eigenvalue weighted by molar-refractivity contribution is 5.79. The van der Waals surface area contributed by atoms with E-state index in [4.69, 9.17) is 14.2 Å². The summed E-state index contributed by atoms with van der Waals surface area (Å²) in [6.07, 6.45) is 3.04. The lowest BCUT2D eigenvalue weighted by Gasteiger charge is -2.39. The second-order valence-corrected chi connectivity index (χ2v) is 5.35. The van der Waals surface area contributed by atoms with Crippen LogP contribution in [0.25, 0.3) is 0 Å². The topological polar surface area (TPSA) is 48.0 Å². The van der Waals surface area contributed by atoms with Crippen molar-refractivity contribution in [3.63, 3.8) is 0 Å². The van der Waals surface area contributed by atoms with Crippen LogP contribution in [0.15, 0.2) is 0 Å². The predicted molar refractivity (Wildman–Crippen MR) is 64.2 cm³/mol. The van der Waals surface area contributed by atoms with E-state index in [1.165, 1.54) is 0 Å². The van der Waals surface area contributed by atoms with Crippen molar-refractivity contribution in [2.24, 2.45) is 5.92 Å². The lowest BCUT2D eigenvalue weighted by Crippen LogP contribution is -2.55. The van der Waals surface area contributed by atoms with Crippen molar-refractivity contribution in [3.8, 4) is 0 Å². The van der Waals surface area contributed by atoms with Crippen LogP contribution in [0.1, 0.15) is 19.3 Å². The summed E-state index contributed by atoms with van der Waals surface area (Å²) in [6.45, 7) is 2.64. The molecule has 5 nitrogen and oxygen atoms in total. The Hall–Kier alpha value is -0.650. The monoisotopic (exact) mass is 255 g/mol. The Bertz CT molecular complexity index is 316. The molecule has 0 spiro atoms. The molecule has 0 aromatic carbocycles. The van der Waals surface area contributed by atoms with E-state index in [0.717, 1.165) is 25.9 Å². The summed E-state index contributed by atoms with van der Waals surface area (Å²) < 4.78 is 16.6. The maximum absolute atomic E-state index is 12.5. The molecule has 3 fully saturated rings. The Kier molecular flexibility index (Phi) is 3.54. The summed E-state index contributed by atoms with van der Waals surface area (Å²) >= 11 is 0. The molecule has 1 saturated carbocycles. The van der Waals surface area contributed by atoms with Crippen molar-refractivity contribution in [2.45, 2.75) is 37.5 Å². The van der Waals surface area contributed by atoms with Crippen LogP contribution in [0.5, 0.6) is 0 Å². The largest absolute Gasteiger partial charge is 0.381 e. The number of hydrogen-bond donors (Lipinski definition) is 0. The van der Waals surface area contributed by atoms with Crippen LogP contribution < -0.4 is 0 Å². The molecule has 1 unspecified atom stereocenters. The van der Waals surface area contributed by atoms with Gasteiger partial charge in [-0.3, -0.25) is 4.79 Å². The lowest BCUT2D eigenvalue weighted by atomic mass is 10.0. The first-order valence-corrected chi connectivity index (χ1v) is 6.84. The Morgan fingerprint density at radius 3 is 2.89 bits per heavy atom. The van der Waals surface area contributed by atoms with Crippen LogP contribution in [0, 0.1) is 5.92 Å². The van der Waals surface area contributed by atoms with Gasteiger partial charge in [0.05, 0.1) is 31.3 Å². The van der Waals surface area contributed by atoms with Gasteiger partial charge in [0.1, 0.15) is 6.10 Å². The third kappa shape index (κ3) is 2.04. The fraction of sp³-hybridized carbons (Fsp3) is 0.923. The van der Waals surface area contributed by atoms with Crippen LogP contribution in [-0.4, -0.2) is 62.5 Å². The molecule has 4 atom stereocenters. The minimum atomic E-state index is 0.0605. The number of carbonyl (C=O) groups excluding carboxylic acids is 1. The number of carbonyl (C=O) groups is 1. The third-order valence-corrected chi connectivity index (χ3v) is 4.40. The molecule has 3 aliphatic rings. The van der Waals surface area contributed by atoms with E-state index in [0.29, 0.717) is 19.8 Å². The highest BCUT2D eigenvalue weighted by atomic mass is 16.5. The van der Waals surface area contributed by atoms with Crippen LogP contribution >= 0.6 is 0 Å². The maximum atomic E-state index is 12.5. The molecular formula is C13H21NO4. The number of nitrogens with zero attached hydrogens (tertiary/aromatic N) is 1. The average molecular weight is 255 g/mol. The molecule has 0 bridgehead atoms. The molecule has 0 aromatic heterocycles. The van der Waals surface area contributed by atoms with Gasteiger partial charge in [-0.2, -0.15) is 0 Å². The first-order valence-electron chi connectivity index (χ1n) is 6.84. The van der Waals surface area contributed by atoms with Gasteiger partial charge in [0.25, 0.3) is 0 Å². The van der Waals surface area contributed by atoms with E-state index in [1.807, 2.05) is 4.90 Å². The summed E-state index contributed by atoms with van der Waals surface area (Å²) in [6, 6.07) is 0.205. The Morgan fingerprint density at radius 1 is 1.28 bits per heavy atom. The van der Waals surface area contributed by atoms with Crippen molar-refractivity contribution >= 4 is 5.91 Å². The van der Waals surface area contributed by atoms with Gasteiger partial charge in [-0.1, -0.05) is 0 Å².